The molecule has 0 amide bonds. The minimum Gasteiger partial charge on any atom is -0.872 e. The van der Waals surface area contributed by atoms with E-state index < -0.39 is 4.92 Å². The fraction of sp³-hybridized carbons (Fsp3) is 0.235. The second-order valence-electron chi connectivity index (χ2n) is 4.97. The van der Waals surface area contributed by atoms with E-state index in [4.69, 9.17) is 0 Å². The third-order valence-corrected chi connectivity index (χ3v) is 3.34. The van der Waals surface area contributed by atoms with Gasteiger partial charge in [0.25, 0.3) is 5.69 Å². The molecule has 2 rings (SSSR count). The van der Waals surface area contributed by atoms with E-state index in [2.05, 4.69) is 11.9 Å². The Morgan fingerprint density at radius 2 is 1.95 bits per heavy atom. The first kappa shape index (κ1) is 15.7. The first-order chi connectivity index (χ1) is 10.6. The molecule has 114 valence electrons. The van der Waals surface area contributed by atoms with Crippen LogP contribution in [-0.4, -0.2) is 11.1 Å². The van der Waals surface area contributed by atoms with Crippen molar-refractivity contribution in [3.05, 3.63) is 69.8 Å². The molecule has 0 aromatic heterocycles. The van der Waals surface area contributed by atoms with Gasteiger partial charge in [-0.3, -0.25) is 15.1 Å². The van der Waals surface area contributed by atoms with E-state index in [1.165, 1.54) is 24.4 Å². The first-order valence-electron chi connectivity index (χ1n) is 7.15. The summed E-state index contributed by atoms with van der Waals surface area (Å²) in [4.78, 5) is 14.7. The summed E-state index contributed by atoms with van der Waals surface area (Å²) in [6, 6.07) is 13.4. The van der Waals surface area contributed by atoms with Crippen LogP contribution in [0.15, 0.2) is 53.5 Å². The molecule has 0 saturated heterocycles. The zero-order chi connectivity index (χ0) is 15.9. The van der Waals surface area contributed by atoms with Crippen LogP contribution in [0.2, 0.25) is 0 Å². The zero-order valence-corrected chi connectivity index (χ0v) is 12.3. The summed E-state index contributed by atoms with van der Waals surface area (Å²) in [6.07, 6.45) is 3.25. The van der Waals surface area contributed by atoms with Gasteiger partial charge in [0.05, 0.1) is 11.0 Å². The predicted molar refractivity (Wildman–Crippen MR) is 84.2 cm³/mol. The van der Waals surface area contributed by atoms with Crippen LogP contribution in [0, 0.1) is 10.1 Å². The number of aliphatic imine (C=N–C) groups is 1. The fourth-order valence-corrected chi connectivity index (χ4v) is 2.20. The highest BCUT2D eigenvalue weighted by Crippen LogP contribution is 2.24. The number of rotatable bonds is 6. The second kappa shape index (κ2) is 7.36. The third kappa shape index (κ3) is 3.91. The number of benzene rings is 2. The normalized spacial score (nSPS) is 12.4. The number of hydrogen-bond acceptors (Lipinski definition) is 4. The Bertz CT molecular complexity index is 669. The highest BCUT2D eigenvalue weighted by Gasteiger charge is 2.09. The third-order valence-electron chi connectivity index (χ3n) is 3.34. The standard InChI is InChI=1S/C17H18N2O3/c1-2-6-16(13-7-4-3-5-8-13)18-12-14-11-15(19(21)22)9-10-17(14)20/h3-5,7-12,16,20H,2,6H2,1H3/p-1/t16-/m1/s1. The van der Waals surface area contributed by atoms with Crippen molar-refractivity contribution in [2.24, 2.45) is 4.99 Å². The molecule has 0 aliphatic rings. The summed E-state index contributed by atoms with van der Waals surface area (Å²) in [5.41, 5.74) is 1.21. The van der Waals surface area contributed by atoms with E-state index in [-0.39, 0.29) is 23.0 Å². The minimum absolute atomic E-state index is 0.0511. The molecule has 0 unspecified atom stereocenters. The minimum atomic E-state index is -0.516. The smallest absolute Gasteiger partial charge is 0.270 e. The molecular formula is C17H17N2O3-. The van der Waals surface area contributed by atoms with Crippen LogP contribution < -0.4 is 5.11 Å². The second-order valence-corrected chi connectivity index (χ2v) is 4.97. The average Bonchev–Trinajstić information content (AvgIpc) is 2.53. The summed E-state index contributed by atoms with van der Waals surface area (Å²) >= 11 is 0. The monoisotopic (exact) mass is 297 g/mol. The number of nitro benzene ring substituents is 1. The Hall–Kier alpha value is -2.69. The maximum atomic E-state index is 11.8. The predicted octanol–water partition coefficient (Wildman–Crippen LogP) is 3.63. The van der Waals surface area contributed by atoms with Gasteiger partial charge in [-0.25, -0.2) is 0 Å². The summed E-state index contributed by atoms with van der Waals surface area (Å²) in [7, 11) is 0. The van der Waals surface area contributed by atoms with Crippen LogP contribution in [0.1, 0.15) is 36.9 Å². The van der Waals surface area contributed by atoms with Crippen LogP contribution in [0.4, 0.5) is 5.69 Å². The van der Waals surface area contributed by atoms with E-state index >= 15 is 0 Å². The van der Waals surface area contributed by atoms with Gasteiger partial charge < -0.3 is 5.11 Å². The lowest BCUT2D eigenvalue weighted by atomic mass is 10.0. The van der Waals surface area contributed by atoms with Crippen molar-refractivity contribution in [3.8, 4) is 5.75 Å². The molecule has 0 radical (unpaired) electrons. The van der Waals surface area contributed by atoms with Gasteiger partial charge in [0.1, 0.15) is 0 Å². The van der Waals surface area contributed by atoms with Gasteiger partial charge in [0, 0.05) is 18.3 Å². The molecule has 2 aromatic rings. The highest BCUT2D eigenvalue weighted by atomic mass is 16.6. The molecule has 5 nitrogen and oxygen atoms in total. The van der Waals surface area contributed by atoms with Crippen LogP contribution in [0.3, 0.4) is 0 Å². The Morgan fingerprint density at radius 1 is 1.23 bits per heavy atom. The summed E-state index contributed by atoms with van der Waals surface area (Å²) < 4.78 is 0. The van der Waals surface area contributed by atoms with Crippen molar-refractivity contribution in [2.45, 2.75) is 25.8 Å². The van der Waals surface area contributed by atoms with E-state index in [1.807, 2.05) is 30.3 Å². The quantitative estimate of drug-likeness (QED) is 0.464. The first-order valence-corrected chi connectivity index (χ1v) is 7.15. The van der Waals surface area contributed by atoms with Gasteiger partial charge >= 0.3 is 0 Å². The van der Waals surface area contributed by atoms with E-state index in [1.54, 1.807) is 0 Å². The molecule has 0 fully saturated rings. The molecule has 0 aliphatic heterocycles. The number of non-ortho nitro benzene ring substituents is 1. The van der Waals surface area contributed by atoms with Crippen molar-refractivity contribution in [1.29, 1.82) is 0 Å². The van der Waals surface area contributed by atoms with Gasteiger partial charge in [0.2, 0.25) is 0 Å². The van der Waals surface area contributed by atoms with Gasteiger partial charge in [-0.1, -0.05) is 55.5 Å². The van der Waals surface area contributed by atoms with E-state index in [9.17, 15) is 15.2 Å². The molecule has 0 bridgehead atoms. The molecule has 1 atom stereocenters. The van der Waals surface area contributed by atoms with Crippen LogP contribution in [0.25, 0.3) is 0 Å². The van der Waals surface area contributed by atoms with Gasteiger partial charge in [-0.05, 0) is 17.5 Å². The number of nitro groups is 1. The van der Waals surface area contributed by atoms with Crippen LogP contribution in [-0.2, 0) is 0 Å². The highest BCUT2D eigenvalue weighted by molar-refractivity contribution is 5.84. The molecular weight excluding hydrogens is 280 g/mol. The summed E-state index contributed by atoms with van der Waals surface area (Å²) in [5.74, 6) is -0.266. The lowest BCUT2D eigenvalue weighted by Crippen LogP contribution is -2.00. The van der Waals surface area contributed by atoms with E-state index in [0.717, 1.165) is 18.4 Å². The summed E-state index contributed by atoms with van der Waals surface area (Å²) in [5, 5.41) is 22.6. The molecule has 0 N–H and O–H groups in total. The van der Waals surface area contributed by atoms with Crippen molar-refractivity contribution in [3.63, 3.8) is 0 Å². The zero-order valence-electron chi connectivity index (χ0n) is 12.3. The summed E-state index contributed by atoms with van der Waals surface area (Å²) in [6.45, 7) is 2.07. The average molecular weight is 297 g/mol. The topological polar surface area (TPSA) is 78.6 Å². The van der Waals surface area contributed by atoms with Crippen LogP contribution >= 0.6 is 0 Å². The maximum absolute atomic E-state index is 11.8. The maximum Gasteiger partial charge on any atom is 0.270 e. The lowest BCUT2D eigenvalue weighted by Gasteiger charge is -2.13. The Kier molecular flexibility index (Phi) is 5.25. The Morgan fingerprint density at radius 3 is 2.59 bits per heavy atom. The number of hydrogen-bond donors (Lipinski definition) is 0. The lowest BCUT2D eigenvalue weighted by molar-refractivity contribution is -0.385. The molecule has 22 heavy (non-hydrogen) atoms. The molecule has 0 heterocycles. The van der Waals surface area contributed by atoms with Crippen molar-refractivity contribution < 1.29 is 10.0 Å². The molecule has 5 heteroatoms. The molecule has 0 aliphatic carbocycles. The molecule has 0 saturated carbocycles. The van der Waals surface area contributed by atoms with Crippen molar-refractivity contribution in [1.82, 2.24) is 0 Å². The number of nitrogens with zero attached hydrogens (tertiary/aromatic N) is 2. The van der Waals surface area contributed by atoms with Gasteiger partial charge in [-0.2, -0.15) is 0 Å². The van der Waals surface area contributed by atoms with Crippen molar-refractivity contribution >= 4 is 11.9 Å². The Balaban J connectivity index is 2.28. The van der Waals surface area contributed by atoms with Gasteiger partial charge in [-0.15, -0.1) is 0 Å². The van der Waals surface area contributed by atoms with E-state index in [0.29, 0.717) is 0 Å². The molecule has 0 spiro atoms. The largest absolute Gasteiger partial charge is 0.872 e. The van der Waals surface area contributed by atoms with Gasteiger partial charge in [0.15, 0.2) is 0 Å². The van der Waals surface area contributed by atoms with Crippen LogP contribution in [0.5, 0.6) is 5.75 Å². The SMILES string of the molecule is CCC[C@@H](N=Cc1cc([N+](=O)[O-])ccc1[O-])c1ccccc1. The fourth-order valence-electron chi connectivity index (χ4n) is 2.20. The van der Waals surface area contributed by atoms with Crippen molar-refractivity contribution in [2.75, 3.05) is 0 Å². The Labute approximate surface area is 129 Å². The molecule has 2 aromatic carbocycles.